The zero-order valence-corrected chi connectivity index (χ0v) is 9.70. The Kier molecular flexibility index (Phi) is 2.47. The summed E-state index contributed by atoms with van der Waals surface area (Å²) in [4.78, 5) is 2.29. The van der Waals surface area contributed by atoms with Crippen molar-refractivity contribution in [1.29, 1.82) is 0 Å². The van der Waals surface area contributed by atoms with Gasteiger partial charge in [-0.2, -0.15) is 0 Å². The van der Waals surface area contributed by atoms with E-state index in [0.29, 0.717) is 0 Å². The van der Waals surface area contributed by atoms with Crippen LogP contribution in [-0.2, 0) is 0 Å². The number of nitrogens with zero attached hydrogens (tertiary/aromatic N) is 1. The largest absolute Gasteiger partial charge is 0.391 e. The number of aliphatic hydroxyl groups is 1. The molecular weight excluding hydrogens is 186 g/mol. The molecule has 15 heavy (non-hydrogen) atoms. The minimum Gasteiger partial charge on any atom is -0.391 e. The third-order valence-corrected chi connectivity index (χ3v) is 3.48. The summed E-state index contributed by atoms with van der Waals surface area (Å²) >= 11 is 0. The van der Waals surface area contributed by atoms with Gasteiger partial charge in [-0.05, 0) is 39.3 Å². The van der Waals surface area contributed by atoms with Crippen molar-refractivity contribution in [2.24, 2.45) is 0 Å². The standard InChI is InChI=1S/C13H19NO/c1-10-4-6-11(7-5-10)14-9-8-12(15)13(14,2)3/h4-7,12,15H,8-9H2,1-3H3. The molecular formula is C13H19NO. The number of aliphatic hydroxyl groups excluding tert-OH is 1. The van der Waals surface area contributed by atoms with E-state index in [1.165, 1.54) is 11.3 Å². The van der Waals surface area contributed by atoms with Gasteiger partial charge in [0.2, 0.25) is 0 Å². The van der Waals surface area contributed by atoms with E-state index >= 15 is 0 Å². The number of aryl methyl sites for hydroxylation is 1. The van der Waals surface area contributed by atoms with Crippen molar-refractivity contribution in [2.75, 3.05) is 11.4 Å². The highest BCUT2D eigenvalue weighted by Gasteiger charge is 2.40. The first-order chi connectivity index (χ1) is 7.01. The number of anilines is 1. The third kappa shape index (κ3) is 1.74. The zero-order valence-electron chi connectivity index (χ0n) is 9.70. The Bertz CT molecular complexity index is 342. The van der Waals surface area contributed by atoms with E-state index in [-0.39, 0.29) is 11.6 Å². The molecule has 82 valence electrons. The molecule has 0 saturated carbocycles. The molecule has 1 heterocycles. The van der Waals surface area contributed by atoms with Gasteiger partial charge in [0.25, 0.3) is 0 Å². The van der Waals surface area contributed by atoms with E-state index in [1.54, 1.807) is 0 Å². The number of hydrogen-bond donors (Lipinski definition) is 1. The van der Waals surface area contributed by atoms with Crippen molar-refractivity contribution in [3.63, 3.8) is 0 Å². The van der Waals surface area contributed by atoms with E-state index < -0.39 is 0 Å². The van der Waals surface area contributed by atoms with Gasteiger partial charge >= 0.3 is 0 Å². The maximum atomic E-state index is 9.90. The van der Waals surface area contributed by atoms with Crippen molar-refractivity contribution < 1.29 is 5.11 Å². The van der Waals surface area contributed by atoms with Gasteiger partial charge in [-0.3, -0.25) is 0 Å². The quantitative estimate of drug-likeness (QED) is 0.760. The molecule has 1 fully saturated rings. The second kappa shape index (κ2) is 3.53. The summed E-state index contributed by atoms with van der Waals surface area (Å²) in [5.74, 6) is 0. The molecule has 1 atom stereocenters. The number of hydrogen-bond acceptors (Lipinski definition) is 2. The highest BCUT2D eigenvalue weighted by Crippen LogP contribution is 2.33. The van der Waals surface area contributed by atoms with Crippen LogP contribution in [0.25, 0.3) is 0 Å². The van der Waals surface area contributed by atoms with Crippen LogP contribution in [0.5, 0.6) is 0 Å². The van der Waals surface area contributed by atoms with Crippen LogP contribution in [0.1, 0.15) is 25.8 Å². The lowest BCUT2D eigenvalue weighted by Crippen LogP contribution is -2.45. The van der Waals surface area contributed by atoms with E-state index in [2.05, 4.69) is 49.9 Å². The van der Waals surface area contributed by atoms with Crippen LogP contribution in [0.2, 0.25) is 0 Å². The zero-order chi connectivity index (χ0) is 11.1. The Morgan fingerprint density at radius 1 is 1.27 bits per heavy atom. The average Bonchev–Trinajstić information content (AvgIpc) is 2.44. The van der Waals surface area contributed by atoms with Crippen molar-refractivity contribution >= 4 is 5.69 Å². The first-order valence-electron chi connectivity index (χ1n) is 5.54. The second-order valence-electron chi connectivity index (χ2n) is 4.95. The number of rotatable bonds is 1. The first-order valence-corrected chi connectivity index (χ1v) is 5.54. The lowest BCUT2D eigenvalue weighted by Gasteiger charge is -2.35. The van der Waals surface area contributed by atoms with Crippen LogP contribution in [0, 0.1) is 6.92 Å². The summed E-state index contributed by atoms with van der Waals surface area (Å²) in [5, 5.41) is 9.90. The summed E-state index contributed by atoms with van der Waals surface area (Å²) in [6.07, 6.45) is 0.639. The second-order valence-corrected chi connectivity index (χ2v) is 4.95. The molecule has 0 radical (unpaired) electrons. The Balaban J connectivity index is 2.28. The van der Waals surface area contributed by atoms with Gasteiger partial charge in [-0.15, -0.1) is 0 Å². The summed E-state index contributed by atoms with van der Waals surface area (Å²) in [5.41, 5.74) is 2.34. The monoisotopic (exact) mass is 205 g/mol. The molecule has 1 N–H and O–H groups in total. The van der Waals surface area contributed by atoms with Crippen molar-refractivity contribution in [3.05, 3.63) is 29.8 Å². The Hall–Kier alpha value is -1.02. The molecule has 2 rings (SSSR count). The summed E-state index contributed by atoms with van der Waals surface area (Å²) in [6.45, 7) is 7.24. The number of benzene rings is 1. The molecule has 2 heteroatoms. The maximum absolute atomic E-state index is 9.90. The van der Waals surface area contributed by atoms with Crippen molar-refractivity contribution in [2.45, 2.75) is 38.8 Å². The fourth-order valence-electron chi connectivity index (χ4n) is 2.26. The summed E-state index contributed by atoms with van der Waals surface area (Å²) < 4.78 is 0. The molecule has 1 aliphatic rings. The molecule has 0 aliphatic carbocycles. The van der Waals surface area contributed by atoms with Gasteiger partial charge < -0.3 is 10.0 Å². The first kappa shape index (κ1) is 10.5. The molecule has 1 aromatic rings. The van der Waals surface area contributed by atoms with Crippen molar-refractivity contribution in [3.8, 4) is 0 Å². The van der Waals surface area contributed by atoms with E-state index in [0.717, 1.165) is 13.0 Å². The van der Waals surface area contributed by atoms with Gasteiger partial charge in [0.1, 0.15) is 0 Å². The van der Waals surface area contributed by atoms with Crippen LogP contribution in [0.3, 0.4) is 0 Å². The van der Waals surface area contributed by atoms with Gasteiger partial charge in [0.05, 0.1) is 11.6 Å². The molecule has 1 aromatic carbocycles. The Labute approximate surface area is 91.5 Å². The molecule has 0 amide bonds. The van der Waals surface area contributed by atoms with Gasteiger partial charge in [-0.25, -0.2) is 0 Å². The molecule has 0 spiro atoms. The fraction of sp³-hybridized carbons (Fsp3) is 0.538. The molecule has 0 bridgehead atoms. The highest BCUT2D eigenvalue weighted by molar-refractivity contribution is 5.51. The lowest BCUT2D eigenvalue weighted by molar-refractivity contribution is 0.127. The topological polar surface area (TPSA) is 23.5 Å². The predicted octanol–water partition coefficient (Wildman–Crippen LogP) is 2.34. The third-order valence-electron chi connectivity index (χ3n) is 3.48. The van der Waals surface area contributed by atoms with Gasteiger partial charge in [0.15, 0.2) is 0 Å². The van der Waals surface area contributed by atoms with E-state index in [4.69, 9.17) is 0 Å². The maximum Gasteiger partial charge on any atom is 0.0783 e. The summed E-state index contributed by atoms with van der Waals surface area (Å²) in [7, 11) is 0. The van der Waals surface area contributed by atoms with Crippen LogP contribution >= 0.6 is 0 Å². The highest BCUT2D eigenvalue weighted by atomic mass is 16.3. The van der Waals surface area contributed by atoms with Crippen LogP contribution < -0.4 is 4.90 Å². The Morgan fingerprint density at radius 3 is 2.33 bits per heavy atom. The fourth-order valence-corrected chi connectivity index (χ4v) is 2.26. The smallest absolute Gasteiger partial charge is 0.0783 e. The van der Waals surface area contributed by atoms with Crippen LogP contribution in [0.15, 0.2) is 24.3 Å². The lowest BCUT2D eigenvalue weighted by atomic mass is 9.98. The average molecular weight is 205 g/mol. The molecule has 1 unspecified atom stereocenters. The van der Waals surface area contributed by atoms with Crippen LogP contribution in [-0.4, -0.2) is 23.3 Å². The Morgan fingerprint density at radius 2 is 1.87 bits per heavy atom. The van der Waals surface area contributed by atoms with E-state index in [1.807, 2.05) is 0 Å². The summed E-state index contributed by atoms with van der Waals surface area (Å²) in [6, 6.07) is 8.51. The van der Waals surface area contributed by atoms with Gasteiger partial charge in [-0.1, -0.05) is 17.7 Å². The molecule has 0 aromatic heterocycles. The predicted molar refractivity (Wildman–Crippen MR) is 63.2 cm³/mol. The molecule has 2 nitrogen and oxygen atoms in total. The van der Waals surface area contributed by atoms with E-state index in [9.17, 15) is 5.11 Å². The minimum atomic E-state index is -0.223. The SMILES string of the molecule is Cc1ccc(N2CCC(O)C2(C)C)cc1. The van der Waals surface area contributed by atoms with Gasteiger partial charge in [0, 0.05) is 12.2 Å². The molecule has 1 aliphatic heterocycles. The normalized spacial score (nSPS) is 24.5. The van der Waals surface area contributed by atoms with Crippen molar-refractivity contribution in [1.82, 2.24) is 0 Å². The van der Waals surface area contributed by atoms with Crippen LogP contribution in [0.4, 0.5) is 5.69 Å². The molecule has 1 saturated heterocycles. The minimum absolute atomic E-state index is 0.144.